The minimum absolute atomic E-state index is 0.372. The lowest BCUT2D eigenvalue weighted by atomic mass is 9.74. The third-order valence-electron chi connectivity index (χ3n) is 8.50. The highest BCUT2D eigenvalue weighted by molar-refractivity contribution is 6.12. The minimum atomic E-state index is -0.372. The van der Waals surface area contributed by atoms with E-state index in [1.165, 1.54) is 55.7 Å². The maximum absolute atomic E-state index is 6.17. The van der Waals surface area contributed by atoms with Crippen LogP contribution in [-0.2, 0) is 10.2 Å². The van der Waals surface area contributed by atoms with Crippen LogP contribution < -0.4 is 5.32 Å². The lowest BCUT2D eigenvalue weighted by molar-refractivity contribution is 0.154. The molecule has 5 aromatic rings. The van der Waals surface area contributed by atoms with Gasteiger partial charge in [0.25, 0.3) is 0 Å². The second-order valence-corrected chi connectivity index (χ2v) is 11.2. The number of rotatable bonds is 11. The first kappa shape index (κ1) is 27.9. The fourth-order valence-corrected chi connectivity index (χ4v) is 6.68. The first-order valence-electron chi connectivity index (χ1n) is 15.1. The van der Waals surface area contributed by atoms with Gasteiger partial charge >= 0.3 is 0 Å². The minimum Gasteiger partial charge on any atom is -0.383 e. The fourth-order valence-electron chi connectivity index (χ4n) is 6.68. The summed E-state index contributed by atoms with van der Waals surface area (Å²) in [5.74, 6) is 0. The van der Waals surface area contributed by atoms with Crippen molar-refractivity contribution in [2.45, 2.75) is 25.2 Å². The number of unbranched alkanes of at least 4 members (excludes halogenated alkanes) is 1. The smallest absolute Gasteiger partial charge is 0.0612 e. The molecule has 210 valence electrons. The Hall–Kier alpha value is -4.24. The average Bonchev–Trinajstić information content (AvgIpc) is 3.34. The van der Waals surface area contributed by atoms with Gasteiger partial charge in [-0.15, -0.1) is 0 Å². The van der Waals surface area contributed by atoms with E-state index >= 15 is 0 Å². The van der Waals surface area contributed by atoms with Gasteiger partial charge in [-0.25, -0.2) is 0 Å². The molecule has 1 N–H and O–H groups in total. The topological polar surface area (TPSA) is 21.3 Å². The van der Waals surface area contributed by atoms with Crippen molar-refractivity contribution in [1.82, 2.24) is 5.32 Å². The molecule has 2 nitrogen and oxygen atoms in total. The maximum atomic E-state index is 6.17. The third-order valence-corrected chi connectivity index (χ3v) is 8.50. The zero-order valence-corrected chi connectivity index (χ0v) is 24.6. The molecule has 0 radical (unpaired) electrons. The molecule has 0 heterocycles. The number of ether oxygens (including phenoxy) is 1. The van der Waals surface area contributed by atoms with Crippen molar-refractivity contribution in [3.63, 3.8) is 0 Å². The molecule has 1 unspecified atom stereocenters. The predicted molar refractivity (Wildman–Crippen MR) is 177 cm³/mol. The highest BCUT2D eigenvalue weighted by Crippen LogP contribution is 2.57. The number of benzene rings is 5. The number of hydrogen-bond acceptors (Lipinski definition) is 2. The standard InChI is InChI=1S/C40H39NO/c1-3-4-27-41-28-40(29-42-2)35-26-25-34(30-17-9-5-10-18-30)36(31-19-11-6-12-20-31)38(35)37(32-21-13-7-14-22-32)39(40)33-23-15-8-16-24-33/h5-26,41H,3-4,27-29H2,1-2H3. The van der Waals surface area contributed by atoms with Crippen molar-refractivity contribution in [2.75, 3.05) is 26.8 Å². The monoisotopic (exact) mass is 549 g/mol. The Morgan fingerprint density at radius 3 is 1.71 bits per heavy atom. The number of methoxy groups -OCH3 is 1. The van der Waals surface area contributed by atoms with Crippen LogP contribution >= 0.6 is 0 Å². The van der Waals surface area contributed by atoms with E-state index in [4.69, 9.17) is 4.74 Å². The van der Waals surface area contributed by atoms with Crippen LogP contribution in [0.2, 0.25) is 0 Å². The zero-order chi connectivity index (χ0) is 28.8. The van der Waals surface area contributed by atoms with E-state index < -0.39 is 0 Å². The van der Waals surface area contributed by atoms with Gasteiger partial charge in [-0.05, 0) is 68.6 Å². The van der Waals surface area contributed by atoms with Gasteiger partial charge in [-0.2, -0.15) is 0 Å². The van der Waals surface area contributed by atoms with E-state index in [1.54, 1.807) is 0 Å². The number of fused-ring (bicyclic) bond motifs is 1. The lowest BCUT2D eigenvalue weighted by Gasteiger charge is -2.35. The molecule has 0 aromatic heterocycles. The van der Waals surface area contributed by atoms with Crippen LogP contribution in [0.3, 0.4) is 0 Å². The molecule has 1 atom stereocenters. The van der Waals surface area contributed by atoms with Gasteiger partial charge in [0, 0.05) is 13.7 Å². The van der Waals surface area contributed by atoms with Crippen molar-refractivity contribution in [3.8, 4) is 22.3 Å². The van der Waals surface area contributed by atoms with Gasteiger partial charge < -0.3 is 10.1 Å². The Kier molecular flexibility index (Phi) is 8.46. The van der Waals surface area contributed by atoms with Gasteiger partial charge in [0.15, 0.2) is 0 Å². The van der Waals surface area contributed by atoms with Crippen LogP contribution in [0.5, 0.6) is 0 Å². The summed E-state index contributed by atoms with van der Waals surface area (Å²) in [6, 6.07) is 48.3. The Morgan fingerprint density at radius 1 is 0.595 bits per heavy atom. The second-order valence-electron chi connectivity index (χ2n) is 11.2. The quantitative estimate of drug-likeness (QED) is 0.166. The van der Waals surface area contributed by atoms with Gasteiger partial charge in [0.2, 0.25) is 0 Å². The Labute approximate surface area is 250 Å². The van der Waals surface area contributed by atoms with Crippen LogP contribution in [0, 0.1) is 0 Å². The van der Waals surface area contributed by atoms with Crippen molar-refractivity contribution >= 4 is 11.1 Å². The summed E-state index contributed by atoms with van der Waals surface area (Å²) in [5, 5.41) is 3.86. The summed E-state index contributed by atoms with van der Waals surface area (Å²) in [5.41, 5.74) is 12.3. The van der Waals surface area contributed by atoms with Gasteiger partial charge in [0.05, 0.1) is 12.0 Å². The first-order chi connectivity index (χ1) is 20.8. The van der Waals surface area contributed by atoms with Gasteiger partial charge in [-0.3, -0.25) is 0 Å². The van der Waals surface area contributed by atoms with Crippen LogP contribution in [0.25, 0.3) is 33.4 Å². The molecular weight excluding hydrogens is 510 g/mol. The van der Waals surface area contributed by atoms with E-state index in [0.29, 0.717) is 6.61 Å². The Morgan fingerprint density at radius 2 is 1.14 bits per heavy atom. The van der Waals surface area contributed by atoms with E-state index in [1.807, 2.05) is 7.11 Å². The Balaban J connectivity index is 1.76. The molecule has 0 spiro atoms. The van der Waals surface area contributed by atoms with Gasteiger partial charge in [0.1, 0.15) is 0 Å². The molecule has 0 bridgehead atoms. The molecular formula is C40H39NO. The normalized spacial score (nSPS) is 16.0. The van der Waals surface area contributed by atoms with E-state index in [9.17, 15) is 0 Å². The molecule has 1 aliphatic carbocycles. The maximum Gasteiger partial charge on any atom is 0.0612 e. The third kappa shape index (κ3) is 5.13. The molecule has 0 saturated heterocycles. The molecule has 5 aromatic carbocycles. The number of nitrogens with one attached hydrogen (secondary N) is 1. The van der Waals surface area contributed by atoms with Crippen molar-refractivity contribution in [2.24, 2.45) is 0 Å². The molecule has 2 heteroatoms. The Bertz CT molecular complexity index is 1640. The SMILES string of the molecule is CCCCNCC1(COC)C(c2ccccc2)=C(c2ccccc2)c2c1ccc(-c1ccccc1)c2-c1ccccc1. The van der Waals surface area contributed by atoms with Crippen LogP contribution in [0.15, 0.2) is 133 Å². The van der Waals surface area contributed by atoms with Crippen LogP contribution in [0.4, 0.5) is 0 Å². The second kappa shape index (κ2) is 12.7. The molecule has 0 amide bonds. The molecule has 1 aliphatic rings. The average molecular weight is 550 g/mol. The number of hydrogen-bond donors (Lipinski definition) is 1. The molecule has 6 rings (SSSR count). The van der Waals surface area contributed by atoms with Crippen molar-refractivity contribution in [1.29, 1.82) is 0 Å². The summed E-state index contributed by atoms with van der Waals surface area (Å²) in [6.07, 6.45) is 2.31. The zero-order valence-electron chi connectivity index (χ0n) is 24.6. The largest absolute Gasteiger partial charge is 0.383 e. The van der Waals surface area contributed by atoms with Gasteiger partial charge in [-0.1, -0.05) is 147 Å². The summed E-state index contributed by atoms with van der Waals surface area (Å²) >= 11 is 0. The summed E-state index contributed by atoms with van der Waals surface area (Å²) < 4.78 is 6.17. The van der Waals surface area contributed by atoms with Crippen LogP contribution in [-0.4, -0.2) is 26.8 Å². The highest BCUT2D eigenvalue weighted by atomic mass is 16.5. The predicted octanol–water partition coefficient (Wildman–Crippen LogP) is 9.27. The van der Waals surface area contributed by atoms with Crippen molar-refractivity contribution in [3.05, 3.63) is 156 Å². The van der Waals surface area contributed by atoms with E-state index in [0.717, 1.165) is 25.9 Å². The first-order valence-corrected chi connectivity index (χ1v) is 15.1. The van der Waals surface area contributed by atoms with Crippen LogP contribution in [0.1, 0.15) is 42.0 Å². The van der Waals surface area contributed by atoms with Crippen molar-refractivity contribution < 1.29 is 4.74 Å². The van der Waals surface area contributed by atoms with E-state index in [2.05, 4.69) is 146 Å². The summed E-state index contributed by atoms with van der Waals surface area (Å²) in [7, 11) is 1.84. The highest BCUT2D eigenvalue weighted by Gasteiger charge is 2.47. The molecule has 0 saturated carbocycles. The molecule has 0 aliphatic heterocycles. The molecule has 0 fully saturated rings. The summed E-state index contributed by atoms with van der Waals surface area (Å²) in [4.78, 5) is 0. The lowest BCUT2D eigenvalue weighted by Crippen LogP contribution is -2.42. The fraction of sp³-hybridized carbons (Fsp3) is 0.200. The summed E-state index contributed by atoms with van der Waals surface area (Å²) in [6.45, 7) is 4.61. The van der Waals surface area contributed by atoms with E-state index in [-0.39, 0.29) is 5.41 Å². The molecule has 42 heavy (non-hydrogen) atoms.